The van der Waals surface area contributed by atoms with Gasteiger partial charge < -0.3 is 10.2 Å². The Morgan fingerprint density at radius 1 is 1.41 bits per heavy atom. The average Bonchev–Trinajstić information content (AvgIpc) is 2.33. The molecule has 0 atom stereocenters. The Labute approximate surface area is 125 Å². The third kappa shape index (κ3) is 4.10. The van der Waals surface area contributed by atoms with E-state index < -0.39 is 0 Å². The molecule has 0 radical (unpaired) electrons. The molecule has 2 rings (SSSR count). The highest BCUT2D eigenvalue weighted by Crippen LogP contribution is 2.23. The Balaban J connectivity index is 1.83. The van der Waals surface area contributed by atoms with Crippen LogP contribution in [0.2, 0.25) is 0 Å². The smallest absolute Gasteiger partial charge is 0.0351 e. The number of piperidine rings is 1. The molecule has 1 aliphatic rings. The number of hydrogen-bond acceptors (Lipinski definition) is 2. The second kappa shape index (κ2) is 6.38. The maximum Gasteiger partial charge on any atom is 0.0351 e. The number of hydrogen-bond donors (Lipinski definition) is 1. The van der Waals surface area contributed by atoms with Gasteiger partial charge in [-0.2, -0.15) is 0 Å². The molecule has 0 saturated carbocycles. The molecule has 94 valence electrons. The lowest BCUT2D eigenvalue weighted by Crippen LogP contribution is -2.32. The first kappa shape index (κ1) is 13.6. The summed E-state index contributed by atoms with van der Waals surface area (Å²) >= 11 is 5.88. The molecule has 0 aliphatic carbocycles. The highest BCUT2D eigenvalue weighted by Gasteiger charge is 2.16. The summed E-state index contributed by atoms with van der Waals surface area (Å²) in [6.45, 7) is 3.58. The molecular weight excluding hydrogens is 391 g/mol. The minimum atomic E-state index is 0.826. The van der Waals surface area contributed by atoms with Crippen LogP contribution in [0.15, 0.2) is 22.7 Å². The van der Waals surface area contributed by atoms with Gasteiger partial charge >= 0.3 is 0 Å². The Morgan fingerprint density at radius 2 is 2.12 bits per heavy atom. The number of rotatable bonds is 3. The van der Waals surface area contributed by atoms with Crippen LogP contribution in [-0.2, 0) is 0 Å². The molecule has 17 heavy (non-hydrogen) atoms. The van der Waals surface area contributed by atoms with E-state index in [4.69, 9.17) is 0 Å². The quantitative estimate of drug-likeness (QED) is 0.765. The predicted octanol–water partition coefficient (Wildman–Crippen LogP) is 3.81. The topological polar surface area (TPSA) is 15.3 Å². The van der Waals surface area contributed by atoms with E-state index in [-0.39, 0.29) is 0 Å². The fourth-order valence-corrected chi connectivity index (χ4v) is 2.90. The highest BCUT2D eigenvalue weighted by atomic mass is 127. The number of likely N-dealkylation sites (tertiary alicyclic amines) is 1. The van der Waals surface area contributed by atoms with Crippen molar-refractivity contribution in [3.05, 3.63) is 26.2 Å². The molecule has 1 aliphatic heterocycles. The van der Waals surface area contributed by atoms with E-state index in [1.54, 1.807) is 0 Å². The van der Waals surface area contributed by atoms with Crippen molar-refractivity contribution in [3.8, 4) is 0 Å². The number of nitrogens with zero attached hydrogens (tertiary/aromatic N) is 1. The maximum atomic E-state index is 3.55. The summed E-state index contributed by atoms with van der Waals surface area (Å²) in [6.07, 6.45) is 2.63. The van der Waals surface area contributed by atoms with Crippen molar-refractivity contribution in [2.45, 2.75) is 12.8 Å². The predicted molar refractivity (Wildman–Crippen MR) is 85.6 cm³/mol. The summed E-state index contributed by atoms with van der Waals surface area (Å²) in [7, 11) is 2.21. The molecule has 0 aromatic heterocycles. The summed E-state index contributed by atoms with van der Waals surface area (Å²) in [5.74, 6) is 0.826. The Kier molecular flexibility index (Phi) is 5.11. The summed E-state index contributed by atoms with van der Waals surface area (Å²) in [5.41, 5.74) is 1.23. The van der Waals surface area contributed by atoms with E-state index >= 15 is 0 Å². The van der Waals surface area contributed by atoms with Gasteiger partial charge in [0.1, 0.15) is 0 Å². The Hall–Kier alpha value is 0.190. The third-order valence-electron chi connectivity index (χ3n) is 3.35. The molecule has 1 aromatic rings. The third-order valence-corrected chi connectivity index (χ3v) is 5.68. The van der Waals surface area contributed by atoms with E-state index in [1.165, 1.54) is 39.7 Å². The van der Waals surface area contributed by atoms with Gasteiger partial charge in [-0.15, -0.1) is 0 Å². The first-order chi connectivity index (χ1) is 8.15. The SMILES string of the molecule is CN1CCC(CNc2ccc(Br)c(I)c2)CC1. The minimum Gasteiger partial charge on any atom is -0.385 e. The summed E-state index contributed by atoms with van der Waals surface area (Å²) in [5, 5.41) is 3.55. The van der Waals surface area contributed by atoms with Crippen LogP contribution >= 0.6 is 38.5 Å². The van der Waals surface area contributed by atoms with Crippen LogP contribution in [-0.4, -0.2) is 31.6 Å². The van der Waals surface area contributed by atoms with E-state index in [0.717, 1.165) is 12.5 Å². The molecule has 0 unspecified atom stereocenters. The van der Waals surface area contributed by atoms with Gasteiger partial charge in [0.2, 0.25) is 0 Å². The maximum absolute atomic E-state index is 3.55. The largest absolute Gasteiger partial charge is 0.385 e. The highest BCUT2D eigenvalue weighted by molar-refractivity contribution is 14.1. The van der Waals surface area contributed by atoms with Crippen LogP contribution in [0.5, 0.6) is 0 Å². The Bertz CT molecular complexity index is 376. The zero-order valence-electron chi connectivity index (χ0n) is 10.0. The van der Waals surface area contributed by atoms with Crippen molar-refractivity contribution in [3.63, 3.8) is 0 Å². The summed E-state index contributed by atoms with van der Waals surface area (Å²) < 4.78 is 2.43. The second-order valence-corrected chi connectivity index (χ2v) is 6.77. The van der Waals surface area contributed by atoms with Gasteiger partial charge in [-0.1, -0.05) is 0 Å². The van der Waals surface area contributed by atoms with Gasteiger partial charge in [-0.05, 0) is 95.6 Å². The molecule has 1 N–H and O–H groups in total. The Morgan fingerprint density at radius 3 is 2.76 bits per heavy atom. The lowest BCUT2D eigenvalue weighted by atomic mass is 9.97. The van der Waals surface area contributed by atoms with E-state index in [0.29, 0.717) is 0 Å². The van der Waals surface area contributed by atoms with Crippen LogP contribution < -0.4 is 5.32 Å². The van der Waals surface area contributed by atoms with Crippen molar-refractivity contribution in [1.29, 1.82) is 0 Å². The van der Waals surface area contributed by atoms with Crippen LogP contribution in [0.3, 0.4) is 0 Å². The number of anilines is 1. The molecule has 1 fully saturated rings. The van der Waals surface area contributed by atoms with Crippen molar-refractivity contribution in [2.24, 2.45) is 5.92 Å². The van der Waals surface area contributed by atoms with Gasteiger partial charge in [0.05, 0.1) is 0 Å². The number of benzene rings is 1. The fraction of sp³-hybridized carbons (Fsp3) is 0.538. The van der Waals surface area contributed by atoms with Crippen molar-refractivity contribution >= 4 is 44.2 Å². The van der Waals surface area contributed by atoms with Gasteiger partial charge in [0.25, 0.3) is 0 Å². The summed E-state index contributed by atoms with van der Waals surface area (Å²) in [4.78, 5) is 2.42. The molecule has 1 heterocycles. The van der Waals surface area contributed by atoms with Gasteiger partial charge in [-0.3, -0.25) is 0 Å². The molecular formula is C13H18BrIN2. The van der Waals surface area contributed by atoms with E-state index in [1.807, 2.05) is 0 Å². The monoisotopic (exact) mass is 408 g/mol. The molecule has 1 aromatic carbocycles. The van der Waals surface area contributed by atoms with E-state index in [2.05, 4.69) is 74.0 Å². The summed E-state index contributed by atoms with van der Waals surface area (Å²) in [6, 6.07) is 6.44. The van der Waals surface area contributed by atoms with Crippen molar-refractivity contribution in [1.82, 2.24) is 4.90 Å². The average molecular weight is 409 g/mol. The number of halogens is 2. The zero-order valence-corrected chi connectivity index (χ0v) is 13.8. The van der Waals surface area contributed by atoms with Crippen LogP contribution in [0.25, 0.3) is 0 Å². The minimum absolute atomic E-state index is 0.826. The zero-order chi connectivity index (χ0) is 12.3. The first-order valence-corrected chi connectivity index (χ1v) is 7.90. The van der Waals surface area contributed by atoms with Crippen molar-refractivity contribution < 1.29 is 0 Å². The lowest BCUT2D eigenvalue weighted by molar-refractivity contribution is 0.226. The fourth-order valence-electron chi connectivity index (χ4n) is 2.13. The molecule has 0 amide bonds. The molecule has 1 saturated heterocycles. The molecule has 0 spiro atoms. The molecule has 2 nitrogen and oxygen atoms in total. The normalized spacial score (nSPS) is 18.3. The van der Waals surface area contributed by atoms with E-state index in [9.17, 15) is 0 Å². The standard InChI is InChI=1S/C13H18BrIN2/c1-17-6-4-10(5-7-17)9-16-11-2-3-12(14)13(15)8-11/h2-3,8,10,16H,4-7,9H2,1H3. The van der Waals surface area contributed by atoms with Crippen LogP contribution in [0.4, 0.5) is 5.69 Å². The van der Waals surface area contributed by atoms with Gasteiger partial charge in [0, 0.05) is 20.3 Å². The number of nitrogens with one attached hydrogen (secondary N) is 1. The molecule has 0 bridgehead atoms. The van der Waals surface area contributed by atoms with Crippen LogP contribution in [0, 0.1) is 9.49 Å². The van der Waals surface area contributed by atoms with Crippen molar-refractivity contribution in [2.75, 3.05) is 32.0 Å². The lowest BCUT2D eigenvalue weighted by Gasteiger charge is -2.29. The van der Waals surface area contributed by atoms with Gasteiger partial charge in [-0.25, -0.2) is 0 Å². The second-order valence-electron chi connectivity index (χ2n) is 4.76. The molecule has 4 heteroatoms. The van der Waals surface area contributed by atoms with Crippen LogP contribution in [0.1, 0.15) is 12.8 Å². The first-order valence-electron chi connectivity index (χ1n) is 6.02. The van der Waals surface area contributed by atoms with Gasteiger partial charge in [0.15, 0.2) is 0 Å².